The number of rotatable bonds is 3. The summed E-state index contributed by atoms with van der Waals surface area (Å²) in [5, 5.41) is 0. The van der Waals surface area contributed by atoms with Gasteiger partial charge < -0.3 is 9.64 Å². The SMILES string of the molecule is Cc1ccccc1C(C(=O)N1CCOCC1)N1CCCCC1. The minimum absolute atomic E-state index is 0.125. The molecule has 2 saturated heterocycles. The van der Waals surface area contributed by atoms with E-state index >= 15 is 0 Å². The minimum Gasteiger partial charge on any atom is -0.378 e. The lowest BCUT2D eigenvalue weighted by atomic mass is 9.96. The third kappa shape index (κ3) is 3.33. The lowest BCUT2D eigenvalue weighted by Gasteiger charge is -2.38. The summed E-state index contributed by atoms with van der Waals surface area (Å²) in [4.78, 5) is 17.5. The van der Waals surface area contributed by atoms with Crippen LogP contribution in [0.25, 0.3) is 0 Å². The van der Waals surface area contributed by atoms with Crippen molar-refractivity contribution in [1.82, 2.24) is 9.80 Å². The van der Waals surface area contributed by atoms with E-state index in [4.69, 9.17) is 4.74 Å². The summed E-state index contributed by atoms with van der Waals surface area (Å²) in [5.41, 5.74) is 2.38. The van der Waals surface area contributed by atoms with Crippen molar-refractivity contribution in [2.75, 3.05) is 39.4 Å². The molecule has 2 heterocycles. The molecule has 0 bridgehead atoms. The zero-order valence-electron chi connectivity index (χ0n) is 13.5. The third-order valence-electron chi connectivity index (χ3n) is 4.80. The number of carbonyl (C=O) groups excluding carboxylic acids is 1. The molecule has 120 valence electrons. The van der Waals surface area contributed by atoms with Gasteiger partial charge in [0.2, 0.25) is 5.91 Å². The fraction of sp³-hybridized carbons (Fsp3) is 0.611. The second-order valence-corrected chi connectivity index (χ2v) is 6.29. The van der Waals surface area contributed by atoms with E-state index in [-0.39, 0.29) is 11.9 Å². The molecule has 0 aliphatic carbocycles. The Hall–Kier alpha value is -1.39. The zero-order valence-corrected chi connectivity index (χ0v) is 13.5. The van der Waals surface area contributed by atoms with Gasteiger partial charge in [0, 0.05) is 13.1 Å². The summed E-state index contributed by atoms with van der Waals surface area (Å²) in [6.45, 7) is 6.91. The zero-order chi connectivity index (χ0) is 15.4. The van der Waals surface area contributed by atoms with Crippen LogP contribution >= 0.6 is 0 Å². The Morgan fingerprint density at radius 1 is 1.05 bits per heavy atom. The number of morpholine rings is 1. The Morgan fingerprint density at radius 3 is 2.41 bits per heavy atom. The molecular formula is C18H26N2O2. The van der Waals surface area contributed by atoms with Crippen molar-refractivity contribution in [3.63, 3.8) is 0 Å². The Kier molecular flexibility index (Phi) is 5.11. The molecule has 1 unspecified atom stereocenters. The Morgan fingerprint density at radius 2 is 1.73 bits per heavy atom. The van der Waals surface area contributed by atoms with E-state index in [1.807, 2.05) is 17.0 Å². The summed E-state index contributed by atoms with van der Waals surface area (Å²) in [6, 6.07) is 8.20. The van der Waals surface area contributed by atoms with Crippen LogP contribution in [0.4, 0.5) is 0 Å². The average molecular weight is 302 g/mol. The highest BCUT2D eigenvalue weighted by Gasteiger charge is 2.33. The molecular weight excluding hydrogens is 276 g/mol. The van der Waals surface area contributed by atoms with E-state index in [1.165, 1.54) is 30.4 Å². The number of aryl methyl sites for hydroxylation is 1. The molecule has 1 atom stereocenters. The van der Waals surface area contributed by atoms with E-state index in [9.17, 15) is 4.79 Å². The van der Waals surface area contributed by atoms with E-state index in [0.29, 0.717) is 13.2 Å². The van der Waals surface area contributed by atoms with Crippen LogP contribution in [0.3, 0.4) is 0 Å². The summed E-state index contributed by atoms with van der Waals surface area (Å²) < 4.78 is 5.40. The highest BCUT2D eigenvalue weighted by molar-refractivity contribution is 5.84. The second kappa shape index (κ2) is 7.25. The molecule has 2 aliphatic rings. The van der Waals surface area contributed by atoms with Gasteiger partial charge in [0.1, 0.15) is 6.04 Å². The molecule has 4 heteroatoms. The van der Waals surface area contributed by atoms with Gasteiger partial charge in [-0.1, -0.05) is 30.7 Å². The van der Waals surface area contributed by atoms with Gasteiger partial charge in [-0.2, -0.15) is 0 Å². The van der Waals surface area contributed by atoms with Crippen molar-refractivity contribution in [3.05, 3.63) is 35.4 Å². The maximum Gasteiger partial charge on any atom is 0.244 e. The molecule has 4 nitrogen and oxygen atoms in total. The molecule has 2 fully saturated rings. The summed E-state index contributed by atoms with van der Waals surface area (Å²) in [5.74, 6) is 0.250. The number of hydrogen-bond donors (Lipinski definition) is 0. The quantitative estimate of drug-likeness (QED) is 0.859. The molecule has 1 aromatic rings. The van der Waals surface area contributed by atoms with Crippen LogP contribution in [-0.2, 0) is 9.53 Å². The van der Waals surface area contributed by atoms with Crippen LogP contribution in [0.2, 0.25) is 0 Å². The molecule has 0 spiro atoms. The summed E-state index contributed by atoms with van der Waals surface area (Å²) in [7, 11) is 0. The minimum atomic E-state index is -0.125. The van der Waals surface area contributed by atoms with Gasteiger partial charge in [0.05, 0.1) is 13.2 Å². The number of carbonyl (C=O) groups is 1. The summed E-state index contributed by atoms with van der Waals surface area (Å²) in [6.07, 6.45) is 3.67. The van der Waals surface area contributed by atoms with E-state index < -0.39 is 0 Å². The van der Waals surface area contributed by atoms with Crippen LogP contribution in [0.15, 0.2) is 24.3 Å². The monoisotopic (exact) mass is 302 g/mol. The van der Waals surface area contributed by atoms with Gasteiger partial charge in [0.25, 0.3) is 0 Å². The molecule has 22 heavy (non-hydrogen) atoms. The first-order chi connectivity index (χ1) is 10.8. The molecule has 2 aliphatic heterocycles. The highest BCUT2D eigenvalue weighted by Crippen LogP contribution is 2.29. The summed E-state index contributed by atoms with van der Waals surface area (Å²) >= 11 is 0. The third-order valence-corrected chi connectivity index (χ3v) is 4.80. The maximum absolute atomic E-state index is 13.2. The number of nitrogens with zero attached hydrogens (tertiary/aromatic N) is 2. The predicted octanol–water partition coefficient (Wildman–Crippen LogP) is 2.38. The van der Waals surface area contributed by atoms with Crippen molar-refractivity contribution in [3.8, 4) is 0 Å². The van der Waals surface area contributed by atoms with Crippen LogP contribution in [0.5, 0.6) is 0 Å². The van der Waals surface area contributed by atoms with Gasteiger partial charge in [-0.15, -0.1) is 0 Å². The first kappa shape index (κ1) is 15.5. The number of benzene rings is 1. The van der Waals surface area contributed by atoms with Crippen molar-refractivity contribution in [1.29, 1.82) is 0 Å². The van der Waals surface area contributed by atoms with Crippen molar-refractivity contribution in [2.24, 2.45) is 0 Å². The van der Waals surface area contributed by atoms with Crippen LogP contribution in [-0.4, -0.2) is 55.1 Å². The average Bonchev–Trinajstić information content (AvgIpc) is 2.58. The number of hydrogen-bond acceptors (Lipinski definition) is 3. The van der Waals surface area contributed by atoms with Gasteiger partial charge in [-0.3, -0.25) is 9.69 Å². The number of ether oxygens (including phenoxy) is 1. The number of piperidine rings is 1. The maximum atomic E-state index is 13.2. The van der Waals surface area contributed by atoms with Crippen LogP contribution in [0.1, 0.15) is 36.4 Å². The van der Waals surface area contributed by atoms with Crippen LogP contribution in [0, 0.1) is 6.92 Å². The van der Waals surface area contributed by atoms with E-state index in [1.54, 1.807) is 0 Å². The number of likely N-dealkylation sites (tertiary alicyclic amines) is 1. The second-order valence-electron chi connectivity index (χ2n) is 6.29. The molecule has 0 aromatic heterocycles. The first-order valence-corrected chi connectivity index (χ1v) is 8.43. The largest absolute Gasteiger partial charge is 0.378 e. The number of amides is 1. The molecule has 1 aromatic carbocycles. The molecule has 1 amide bonds. The van der Waals surface area contributed by atoms with Gasteiger partial charge in [-0.05, 0) is 44.0 Å². The lowest BCUT2D eigenvalue weighted by Crippen LogP contribution is -2.48. The molecule has 0 N–H and O–H groups in total. The molecule has 3 rings (SSSR count). The van der Waals surface area contributed by atoms with Crippen molar-refractivity contribution < 1.29 is 9.53 Å². The highest BCUT2D eigenvalue weighted by atomic mass is 16.5. The molecule has 0 saturated carbocycles. The predicted molar refractivity (Wildman–Crippen MR) is 86.7 cm³/mol. The smallest absolute Gasteiger partial charge is 0.244 e. The fourth-order valence-corrected chi connectivity index (χ4v) is 3.51. The van der Waals surface area contributed by atoms with Crippen molar-refractivity contribution >= 4 is 5.91 Å². The Balaban J connectivity index is 1.88. The fourth-order valence-electron chi connectivity index (χ4n) is 3.51. The Bertz CT molecular complexity index is 506. The molecule has 0 radical (unpaired) electrons. The topological polar surface area (TPSA) is 32.8 Å². The normalized spacial score (nSPS) is 21.6. The van der Waals surface area contributed by atoms with E-state index in [2.05, 4.69) is 24.0 Å². The van der Waals surface area contributed by atoms with Gasteiger partial charge in [-0.25, -0.2) is 0 Å². The Labute approximate surface area is 133 Å². The first-order valence-electron chi connectivity index (χ1n) is 8.43. The van der Waals surface area contributed by atoms with Gasteiger partial charge >= 0.3 is 0 Å². The van der Waals surface area contributed by atoms with Crippen molar-refractivity contribution in [2.45, 2.75) is 32.2 Å². The van der Waals surface area contributed by atoms with E-state index in [0.717, 1.165) is 26.2 Å². The lowest BCUT2D eigenvalue weighted by molar-refractivity contribution is -0.141. The van der Waals surface area contributed by atoms with Gasteiger partial charge in [0.15, 0.2) is 0 Å². The standard InChI is InChI=1S/C18H26N2O2/c1-15-7-3-4-8-16(15)17(19-9-5-2-6-10-19)18(21)20-11-13-22-14-12-20/h3-4,7-8,17H,2,5-6,9-14H2,1H3. The van der Waals surface area contributed by atoms with Crippen LogP contribution < -0.4 is 0 Å².